The molecule has 0 aliphatic carbocycles. The van der Waals surface area contributed by atoms with Gasteiger partial charge in [-0.25, -0.2) is 0 Å². The van der Waals surface area contributed by atoms with Crippen molar-refractivity contribution in [2.75, 3.05) is 5.75 Å². The highest BCUT2D eigenvalue weighted by Crippen LogP contribution is 1.84. The Kier molecular flexibility index (Phi) is 5.69. The van der Waals surface area contributed by atoms with Crippen molar-refractivity contribution in [3.05, 3.63) is 24.8 Å². The van der Waals surface area contributed by atoms with Crippen molar-refractivity contribution in [3.8, 4) is 0 Å². The topological polar surface area (TPSA) is 0 Å². The molecule has 0 spiro atoms. The van der Waals surface area contributed by atoms with E-state index in [9.17, 15) is 0 Å². The molecule has 0 saturated carbocycles. The first-order chi connectivity index (χ1) is 3.41. The molecule has 0 nitrogen and oxygen atoms in total. The van der Waals surface area contributed by atoms with Gasteiger partial charge in [0.15, 0.2) is 0 Å². The van der Waals surface area contributed by atoms with Gasteiger partial charge in [0.2, 0.25) is 0 Å². The van der Waals surface area contributed by atoms with E-state index in [0.29, 0.717) is 0 Å². The van der Waals surface area contributed by atoms with Crippen LogP contribution in [-0.4, -0.2) is 5.75 Å². The smallest absolute Gasteiger partial charge is 0.00716 e. The van der Waals surface area contributed by atoms with Gasteiger partial charge in [-0.05, 0) is 6.42 Å². The summed E-state index contributed by atoms with van der Waals surface area (Å²) in [4.78, 5) is 0. The molecule has 0 atom stereocenters. The largest absolute Gasteiger partial charge is 0.0991 e. The second-order valence-electron chi connectivity index (χ2n) is 1.16. The molecule has 0 aromatic carbocycles. The lowest BCUT2D eigenvalue weighted by Gasteiger charge is -1.75. The fraction of sp³-hybridized carbons (Fsp3) is 0.333. The van der Waals surface area contributed by atoms with Gasteiger partial charge in [0.1, 0.15) is 0 Å². The van der Waals surface area contributed by atoms with Gasteiger partial charge >= 0.3 is 0 Å². The Hall–Kier alpha value is -0.170. The molecule has 1 heteroatoms. The fourth-order valence-corrected chi connectivity index (χ4v) is 0.397. The van der Waals surface area contributed by atoms with Crippen LogP contribution in [0.25, 0.3) is 0 Å². The maximum atomic E-state index is 4.68. The first kappa shape index (κ1) is 6.83. The van der Waals surface area contributed by atoms with Gasteiger partial charge in [-0.3, -0.25) is 0 Å². The second-order valence-corrected chi connectivity index (χ2v) is 1.56. The summed E-state index contributed by atoms with van der Waals surface area (Å²) in [6.45, 7) is 3.51. The molecule has 0 N–H and O–H groups in total. The van der Waals surface area contributed by atoms with Crippen molar-refractivity contribution in [3.63, 3.8) is 0 Å². The first-order valence-corrected chi connectivity index (χ1v) is 2.85. The van der Waals surface area contributed by atoms with Crippen LogP contribution in [0.5, 0.6) is 0 Å². The van der Waals surface area contributed by atoms with Gasteiger partial charge < -0.3 is 0 Å². The van der Waals surface area contributed by atoms with Crippen LogP contribution in [0.4, 0.5) is 0 Å². The lowest BCUT2D eigenvalue weighted by molar-refractivity contribution is 1.25. The van der Waals surface area contributed by atoms with Gasteiger partial charge in [-0.15, -0.1) is 0 Å². The Morgan fingerprint density at radius 1 is 1.57 bits per heavy atom. The minimum Gasteiger partial charge on any atom is -0.0991 e. The molecule has 0 bridgehead atoms. The Morgan fingerprint density at radius 2 is 2.29 bits per heavy atom. The minimum absolute atomic E-state index is 0.810. The number of hydrogen-bond acceptors (Lipinski definition) is 0. The van der Waals surface area contributed by atoms with Crippen LogP contribution >= 0.6 is 12.6 Å². The van der Waals surface area contributed by atoms with Crippen LogP contribution in [-0.2, 0) is 0 Å². The van der Waals surface area contributed by atoms with Crippen LogP contribution in [0.1, 0.15) is 6.42 Å². The Morgan fingerprint density at radius 3 is 2.71 bits per heavy atom. The van der Waals surface area contributed by atoms with Crippen LogP contribution in [0.15, 0.2) is 24.8 Å². The normalized spacial score (nSPS) is 9.86. The highest BCUT2D eigenvalue weighted by Gasteiger charge is 1.67. The molecule has 0 unspecified atom stereocenters. The Labute approximate surface area is 50.3 Å². The van der Waals surface area contributed by atoms with Gasteiger partial charge in [0.05, 0.1) is 0 Å². The predicted molar refractivity (Wildman–Crippen MR) is 36.4 cm³/mol. The summed E-state index contributed by atoms with van der Waals surface area (Å²) in [6, 6.07) is 0. The highest BCUT2D eigenvalue weighted by molar-refractivity contribution is 7.80. The van der Waals surface area contributed by atoms with E-state index < -0.39 is 0 Å². The molecule has 0 rings (SSSR count). The van der Waals surface area contributed by atoms with E-state index in [0.717, 1.165) is 12.2 Å². The molecular formula is C6H9S. The molecule has 0 aliphatic rings. The average Bonchev–Trinajstić information content (AvgIpc) is 1.69. The average molecular weight is 113 g/mol. The van der Waals surface area contributed by atoms with Crippen molar-refractivity contribution >= 4 is 12.6 Å². The van der Waals surface area contributed by atoms with E-state index in [1.54, 1.807) is 6.08 Å². The highest BCUT2D eigenvalue weighted by atomic mass is 32.1. The van der Waals surface area contributed by atoms with Gasteiger partial charge in [-0.1, -0.05) is 37.4 Å². The van der Waals surface area contributed by atoms with Crippen molar-refractivity contribution < 1.29 is 0 Å². The number of hydrogen-bond donors (Lipinski definition) is 0. The monoisotopic (exact) mass is 113 g/mol. The molecule has 0 aromatic rings. The molecule has 0 heterocycles. The standard InChI is InChI=1S/C6H9S/c1-2-3-4-5-6-7/h2-4H,1,5-6H2. The van der Waals surface area contributed by atoms with E-state index in [1.807, 2.05) is 12.2 Å². The minimum atomic E-state index is 0.810. The van der Waals surface area contributed by atoms with E-state index in [4.69, 9.17) is 0 Å². The van der Waals surface area contributed by atoms with E-state index in [1.165, 1.54) is 0 Å². The summed E-state index contributed by atoms with van der Waals surface area (Å²) >= 11 is 4.68. The third-order valence-electron chi connectivity index (χ3n) is 0.557. The number of allylic oxidation sites excluding steroid dienone is 3. The molecule has 0 fully saturated rings. The third kappa shape index (κ3) is 5.83. The van der Waals surface area contributed by atoms with Crippen LogP contribution < -0.4 is 0 Å². The summed E-state index contributed by atoms with van der Waals surface area (Å²) in [5.74, 6) is 0.810. The Bertz CT molecular complexity index is 64.6. The lowest BCUT2D eigenvalue weighted by Crippen LogP contribution is -1.62. The van der Waals surface area contributed by atoms with Crippen molar-refractivity contribution in [2.24, 2.45) is 0 Å². The zero-order valence-corrected chi connectivity index (χ0v) is 5.08. The molecule has 1 radical (unpaired) electrons. The number of rotatable bonds is 3. The van der Waals surface area contributed by atoms with Crippen LogP contribution in [0.3, 0.4) is 0 Å². The fourth-order valence-electron chi connectivity index (χ4n) is 0.260. The maximum absolute atomic E-state index is 4.68. The summed E-state index contributed by atoms with van der Waals surface area (Å²) in [5, 5.41) is 0. The second kappa shape index (κ2) is 5.83. The quantitative estimate of drug-likeness (QED) is 0.493. The van der Waals surface area contributed by atoms with E-state index in [-0.39, 0.29) is 0 Å². The first-order valence-electron chi connectivity index (χ1n) is 2.27. The molecule has 0 saturated heterocycles. The van der Waals surface area contributed by atoms with Crippen molar-refractivity contribution in [2.45, 2.75) is 6.42 Å². The summed E-state index contributed by atoms with van der Waals surface area (Å²) in [6.07, 6.45) is 6.67. The van der Waals surface area contributed by atoms with Crippen molar-refractivity contribution in [1.29, 1.82) is 0 Å². The molecule has 0 aliphatic heterocycles. The lowest BCUT2D eigenvalue weighted by atomic mass is 10.4. The van der Waals surface area contributed by atoms with Gasteiger partial charge in [0, 0.05) is 5.75 Å². The van der Waals surface area contributed by atoms with Gasteiger partial charge in [-0.2, -0.15) is 0 Å². The van der Waals surface area contributed by atoms with E-state index >= 15 is 0 Å². The summed E-state index contributed by atoms with van der Waals surface area (Å²) in [7, 11) is 0. The van der Waals surface area contributed by atoms with Crippen molar-refractivity contribution in [1.82, 2.24) is 0 Å². The maximum Gasteiger partial charge on any atom is 0.00716 e. The molecular weight excluding hydrogens is 104 g/mol. The molecule has 7 heavy (non-hydrogen) atoms. The van der Waals surface area contributed by atoms with Crippen LogP contribution in [0, 0.1) is 0 Å². The van der Waals surface area contributed by atoms with Crippen LogP contribution in [0.2, 0.25) is 0 Å². The molecule has 0 aromatic heterocycles. The zero-order valence-electron chi connectivity index (χ0n) is 4.26. The van der Waals surface area contributed by atoms with Gasteiger partial charge in [0.25, 0.3) is 0 Å². The summed E-state index contributed by atoms with van der Waals surface area (Å²) in [5.41, 5.74) is 0. The zero-order chi connectivity index (χ0) is 5.54. The molecule has 0 amide bonds. The predicted octanol–water partition coefficient (Wildman–Crippen LogP) is 2.32. The Balaban J connectivity index is 2.92. The SMILES string of the molecule is C=CC=CCC[S]. The summed E-state index contributed by atoms with van der Waals surface area (Å²) < 4.78 is 0. The van der Waals surface area contributed by atoms with E-state index in [2.05, 4.69) is 19.2 Å². The third-order valence-corrected chi connectivity index (χ3v) is 0.792. The molecule has 39 valence electrons.